The maximum Gasteiger partial charge on any atom is 0.270 e. The van der Waals surface area contributed by atoms with E-state index in [2.05, 4.69) is 19.9 Å². The van der Waals surface area contributed by atoms with Gasteiger partial charge in [0.1, 0.15) is 17.5 Å². The molecule has 0 radical (unpaired) electrons. The molecular weight excluding hydrogens is 429 g/mol. The summed E-state index contributed by atoms with van der Waals surface area (Å²) in [6.07, 6.45) is 0. The lowest BCUT2D eigenvalue weighted by atomic mass is 10.1. The number of benzene rings is 2. The van der Waals surface area contributed by atoms with Gasteiger partial charge in [-0.25, -0.2) is 9.97 Å². The summed E-state index contributed by atoms with van der Waals surface area (Å²) < 4.78 is 0. The third-order valence-electron chi connectivity index (χ3n) is 4.25. The summed E-state index contributed by atoms with van der Waals surface area (Å²) in [4.78, 5) is 27.2. The van der Waals surface area contributed by atoms with Crippen molar-refractivity contribution in [2.45, 2.75) is 17.8 Å². The molecule has 29 heavy (non-hydrogen) atoms. The number of rotatable bonds is 4. The number of fused-ring (bicyclic) bond motifs is 1. The van der Waals surface area contributed by atoms with Crippen LogP contribution in [0.25, 0.3) is 22.3 Å². The molecule has 144 valence electrons. The second-order valence-electron chi connectivity index (χ2n) is 6.33. The first kappa shape index (κ1) is 19.5. The molecule has 2 heterocycles. The molecule has 0 atom stereocenters. The zero-order chi connectivity index (χ0) is 20.5. The molecule has 0 aliphatic carbocycles. The smallest absolute Gasteiger partial charge is 0.270 e. The largest absolute Gasteiger partial charge is 0.341 e. The lowest BCUT2D eigenvalue weighted by Crippen LogP contribution is -2.14. The van der Waals surface area contributed by atoms with Gasteiger partial charge < -0.3 is 9.97 Å². The van der Waals surface area contributed by atoms with E-state index in [1.165, 1.54) is 11.8 Å². The van der Waals surface area contributed by atoms with Crippen LogP contribution in [0.3, 0.4) is 0 Å². The monoisotopic (exact) mass is 441 g/mol. The Labute approximate surface area is 179 Å². The van der Waals surface area contributed by atoms with E-state index < -0.39 is 5.56 Å². The Morgan fingerprint density at radius 3 is 2.55 bits per heavy atom. The summed E-state index contributed by atoms with van der Waals surface area (Å²) in [6, 6.07) is 12.9. The van der Waals surface area contributed by atoms with Crippen molar-refractivity contribution >= 4 is 46.0 Å². The third kappa shape index (κ3) is 4.01. The Bertz CT molecular complexity index is 1280. The number of hydrogen-bond donors (Lipinski definition) is 2. The second-order valence-corrected chi connectivity index (χ2v) is 8.11. The van der Waals surface area contributed by atoms with Crippen molar-refractivity contribution in [2.24, 2.45) is 0 Å². The average Bonchev–Trinajstić information content (AvgIpc) is 3.08. The number of H-pyrrole nitrogens is 2. The summed E-state index contributed by atoms with van der Waals surface area (Å²) in [5.41, 5.74) is 3.16. The van der Waals surface area contributed by atoms with Crippen molar-refractivity contribution in [3.63, 3.8) is 0 Å². The van der Waals surface area contributed by atoms with Gasteiger partial charge in [-0.2, -0.15) is 5.26 Å². The second kappa shape index (κ2) is 7.91. The molecule has 0 unspecified atom stereocenters. The van der Waals surface area contributed by atoms with E-state index >= 15 is 0 Å². The zero-order valence-electron chi connectivity index (χ0n) is 15.1. The Morgan fingerprint density at radius 2 is 1.83 bits per heavy atom. The third-order valence-corrected chi connectivity index (χ3v) is 5.86. The molecule has 2 aromatic heterocycles. The molecule has 9 heteroatoms. The molecule has 2 aromatic carbocycles. The highest BCUT2D eigenvalue weighted by atomic mass is 35.5. The fourth-order valence-electron chi connectivity index (χ4n) is 2.81. The fourth-order valence-corrected chi connectivity index (χ4v) is 3.86. The number of nitrogens with one attached hydrogen (secondary N) is 2. The average molecular weight is 442 g/mol. The summed E-state index contributed by atoms with van der Waals surface area (Å²) in [7, 11) is 0. The van der Waals surface area contributed by atoms with Crippen molar-refractivity contribution in [1.82, 2.24) is 19.9 Å². The number of nitriles is 1. The highest BCUT2D eigenvalue weighted by molar-refractivity contribution is 7.98. The van der Waals surface area contributed by atoms with Gasteiger partial charge in [0.25, 0.3) is 5.56 Å². The lowest BCUT2D eigenvalue weighted by Gasteiger charge is -2.06. The molecule has 0 bridgehead atoms. The standard InChI is InChI=1S/C20H13Cl2N5OS/c1-10-2-4-11(5-3-10)18-12(8-23)19(28)27-20(26-18)29-9-17-24-15-6-13(21)14(22)7-16(15)25-17/h2-7H,9H2,1H3,(H,24,25)(H,26,27,28). The molecule has 0 aliphatic heterocycles. The van der Waals surface area contributed by atoms with Gasteiger partial charge in [0.15, 0.2) is 5.16 Å². The number of imidazole rings is 1. The molecule has 0 fully saturated rings. The minimum Gasteiger partial charge on any atom is -0.341 e. The van der Waals surface area contributed by atoms with Crippen molar-refractivity contribution < 1.29 is 0 Å². The van der Waals surface area contributed by atoms with E-state index in [-0.39, 0.29) is 5.56 Å². The van der Waals surface area contributed by atoms with Crippen LogP contribution in [0.15, 0.2) is 46.3 Å². The van der Waals surface area contributed by atoms with E-state index in [0.717, 1.165) is 11.1 Å². The van der Waals surface area contributed by atoms with Crippen LogP contribution in [0.4, 0.5) is 0 Å². The van der Waals surface area contributed by atoms with Gasteiger partial charge >= 0.3 is 0 Å². The summed E-state index contributed by atoms with van der Waals surface area (Å²) >= 11 is 13.4. The van der Waals surface area contributed by atoms with Gasteiger partial charge in [0, 0.05) is 5.56 Å². The minimum atomic E-state index is -0.469. The number of aromatic amines is 2. The maximum absolute atomic E-state index is 12.4. The molecule has 0 saturated carbocycles. The quantitative estimate of drug-likeness (QED) is 0.339. The van der Waals surface area contributed by atoms with Gasteiger partial charge in [-0.3, -0.25) is 4.79 Å². The highest BCUT2D eigenvalue weighted by Gasteiger charge is 2.14. The maximum atomic E-state index is 12.4. The molecule has 4 aromatic rings. The van der Waals surface area contributed by atoms with E-state index in [4.69, 9.17) is 23.2 Å². The first-order chi connectivity index (χ1) is 13.9. The zero-order valence-corrected chi connectivity index (χ0v) is 17.4. The Morgan fingerprint density at radius 1 is 1.10 bits per heavy atom. The topological polar surface area (TPSA) is 98.2 Å². The lowest BCUT2D eigenvalue weighted by molar-refractivity contribution is 0.932. The molecule has 0 aliphatic rings. The van der Waals surface area contributed by atoms with Crippen LogP contribution in [-0.2, 0) is 5.75 Å². The van der Waals surface area contributed by atoms with E-state index in [0.29, 0.717) is 43.6 Å². The van der Waals surface area contributed by atoms with Crippen molar-refractivity contribution in [2.75, 3.05) is 0 Å². The van der Waals surface area contributed by atoms with Crippen LogP contribution in [0.1, 0.15) is 17.0 Å². The summed E-state index contributed by atoms with van der Waals surface area (Å²) in [5, 5.41) is 10.7. The fraction of sp³-hybridized carbons (Fsp3) is 0.100. The van der Waals surface area contributed by atoms with Crippen LogP contribution in [0.2, 0.25) is 10.0 Å². The normalized spacial score (nSPS) is 11.0. The van der Waals surface area contributed by atoms with Gasteiger partial charge in [0.05, 0.1) is 32.5 Å². The van der Waals surface area contributed by atoms with E-state index in [1.807, 2.05) is 37.3 Å². The molecule has 4 rings (SSSR count). The van der Waals surface area contributed by atoms with Crippen LogP contribution in [0, 0.1) is 18.3 Å². The number of halogens is 2. The molecule has 6 nitrogen and oxygen atoms in total. The van der Waals surface area contributed by atoms with E-state index in [1.54, 1.807) is 12.1 Å². The minimum absolute atomic E-state index is 0.00813. The number of thioether (sulfide) groups is 1. The van der Waals surface area contributed by atoms with Gasteiger partial charge in [-0.1, -0.05) is 64.8 Å². The number of aromatic nitrogens is 4. The Balaban J connectivity index is 1.65. The van der Waals surface area contributed by atoms with Crippen LogP contribution >= 0.6 is 35.0 Å². The first-order valence-corrected chi connectivity index (χ1v) is 10.3. The first-order valence-electron chi connectivity index (χ1n) is 8.52. The van der Waals surface area contributed by atoms with Crippen LogP contribution < -0.4 is 5.56 Å². The van der Waals surface area contributed by atoms with Gasteiger partial charge in [0.2, 0.25) is 0 Å². The number of aryl methyl sites for hydroxylation is 1. The highest BCUT2D eigenvalue weighted by Crippen LogP contribution is 2.28. The number of hydrogen-bond acceptors (Lipinski definition) is 5. The molecule has 0 spiro atoms. The van der Waals surface area contributed by atoms with E-state index in [9.17, 15) is 10.1 Å². The van der Waals surface area contributed by atoms with Crippen molar-refractivity contribution in [3.05, 3.63) is 73.7 Å². The predicted octanol–water partition coefficient (Wildman–Crippen LogP) is 5.09. The van der Waals surface area contributed by atoms with Crippen LogP contribution in [0.5, 0.6) is 0 Å². The number of nitrogens with zero attached hydrogens (tertiary/aromatic N) is 3. The Kier molecular flexibility index (Phi) is 5.33. The molecule has 0 amide bonds. The van der Waals surface area contributed by atoms with Gasteiger partial charge in [-0.15, -0.1) is 0 Å². The van der Waals surface area contributed by atoms with Gasteiger partial charge in [-0.05, 0) is 19.1 Å². The molecule has 0 saturated heterocycles. The summed E-state index contributed by atoms with van der Waals surface area (Å²) in [6.45, 7) is 1.97. The van der Waals surface area contributed by atoms with Crippen molar-refractivity contribution in [3.8, 4) is 17.3 Å². The Hall–Kier alpha value is -2.79. The molecule has 2 N–H and O–H groups in total. The van der Waals surface area contributed by atoms with Crippen molar-refractivity contribution in [1.29, 1.82) is 5.26 Å². The summed E-state index contributed by atoms with van der Waals surface area (Å²) in [5.74, 6) is 1.12. The van der Waals surface area contributed by atoms with Crippen LogP contribution in [-0.4, -0.2) is 19.9 Å². The molecular formula is C20H13Cl2N5OS. The predicted molar refractivity (Wildman–Crippen MR) is 115 cm³/mol. The SMILES string of the molecule is Cc1ccc(-c2nc(SCc3nc4cc(Cl)c(Cl)cc4[nH]3)[nH]c(=O)c2C#N)cc1.